The topological polar surface area (TPSA) is 64.5 Å². The highest BCUT2D eigenvalue weighted by Gasteiger charge is 2.29. The number of hydrogen-bond donors (Lipinski definition) is 0. The number of aromatic nitrogens is 5. The van der Waals surface area contributed by atoms with Gasteiger partial charge in [0.1, 0.15) is 5.82 Å². The second kappa shape index (κ2) is 9.79. The van der Waals surface area contributed by atoms with Gasteiger partial charge >= 0.3 is 0 Å². The fourth-order valence-electron chi connectivity index (χ4n) is 5.71. The molecule has 0 aliphatic heterocycles. The van der Waals surface area contributed by atoms with Crippen LogP contribution in [0.5, 0.6) is 0 Å². The van der Waals surface area contributed by atoms with Crippen molar-refractivity contribution in [2.45, 2.75) is 18.8 Å². The first kappa shape index (κ1) is 24.7. The van der Waals surface area contributed by atoms with E-state index in [9.17, 15) is 0 Å². The van der Waals surface area contributed by atoms with E-state index in [0.29, 0.717) is 11.6 Å². The predicted molar refractivity (Wildman–Crippen MR) is 172 cm³/mol. The number of allylic oxidation sites excluding steroid dienone is 4. The predicted octanol–water partition coefficient (Wildman–Crippen LogP) is 8.96. The van der Waals surface area contributed by atoms with Crippen molar-refractivity contribution in [3.8, 4) is 34.0 Å². The fraction of sp³-hybridized carbons (Fsp3) is 0.0833. The number of thiophene rings is 1. The van der Waals surface area contributed by atoms with Crippen molar-refractivity contribution < 1.29 is 0 Å². The summed E-state index contributed by atoms with van der Waals surface area (Å²) < 4.78 is 2.37. The molecule has 5 nitrogen and oxygen atoms in total. The molecule has 6 heteroatoms. The van der Waals surface area contributed by atoms with Crippen molar-refractivity contribution in [3.63, 3.8) is 0 Å². The van der Waals surface area contributed by atoms with Crippen molar-refractivity contribution >= 4 is 42.5 Å². The van der Waals surface area contributed by atoms with Crippen molar-refractivity contribution in [2.24, 2.45) is 0 Å². The Labute approximate surface area is 247 Å². The molecular formula is C36H25N5S. The molecule has 0 radical (unpaired) electrons. The van der Waals surface area contributed by atoms with E-state index in [4.69, 9.17) is 24.9 Å². The molecule has 0 saturated carbocycles. The third-order valence-electron chi connectivity index (χ3n) is 7.92. The maximum Gasteiger partial charge on any atom is 0.164 e. The molecule has 7 aromatic rings. The molecule has 42 heavy (non-hydrogen) atoms. The van der Waals surface area contributed by atoms with Crippen molar-refractivity contribution in [1.82, 2.24) is 24.9 Å². The van der Waals surface area contributed by atoms with Gasteiger partial charge in [0.15, 0.2) is 11.6 Å². The lowest BCUT2D eigenvalue weighted by atomic mass is 9.83. The zero-order valence-corrected chi connectivity index (χ0v) is 23.7. The van der Waals surface area contributed by atoms with E-state index < -0.39 is 0 Å². The van der Waals surface area contributed by atoms with E-state index in [1.807, 2.05) is 48.7 Å². The minimum atomic E-state index is -0.327. The molecule has 8 rings (SSSR count). The Morgan fingerprint density at radius 1 is 0.643 bits per heavy atom. The minimum Gasteiger partial charge on any atom is -0.252 e. The molecule has 0 saturated heterocycles. The van der Waals surface area contributed by atoms with Crippen LogP contribution in [0.25, 0.3) is 65.2 Å². The zero-order valence-electron chi connectivity index (χ0n) is 22.9. The molecular weight excluding hydrogens is 534 g/mol. The molecule has 1 atom stereocenters. The summed E-state index contributed by atoms with van der Waals surface area (Å²) in [5, 5.41) is 2.27. The molecule has 3 aromatic heterocycles. The smallest absolute Gasteiger partial charge is 0.164 e. The summed E-state index contributed by atoms with van der Waals surface area (Å²) in [6.07, 6.45) is 11.2. The first-order valence-corrected chi connectivity index (χ1v) is 14.8. The molecule has 3 heterocycles. The van der Waals surface area contributed by atoms with Crippen molar-refractivity contribution in [2.75, 3.05) is 0 Å². The van der Waals surface area contributed by atoms with Crippen LogP contribution in [0.15, 0.2) is 121 Å². The molecule has 0 spiro atoms. The Hall–Kier alpha value is -5.07. The normalized spacial score (nSPS) is 16.5. The summed E-state index contributed by atoms with van der Waals surface area (Å²) in [5.74, 6) is 2.12. The van der Waals surface area contributed by atoms with Crippen molar-refractivity contribution in [1.29, 1.82) is 0 Å². The lowest BCUT2D eigenvalue weighted by Gasteiger charge is -2.25. The third kappa shape index (κ3) is 4.11. The highest BCUT2D eigenvalue weighted by atomic mass is 32.1. The first-order valence-electron chi connectivity index (χ1n) is 14.0. The number of rotatable bonds is 4. The minimum absolute atomic E-state index is 0.327. The standard InChI is InChI=1S/C36H25N5S/c1-36(20-8-3-9-21-36)35-40-33(23-12-4-2-5-13-23)39-34(41-35)25-15-11-19-30-32(25)31-24(14-10-18-29(31)42-30)28-22-37-26-16-6-7-17-27(26)38-28/h2-20,22H,21H2,1H3. The van der Waals surface area contributed by atoms with Crippen LogP contribution < -0.4 is 0 Å². The van der Waals surface area contributed by atoms with Gasteiger partial charge < -0.3 is 0 Å². The molecule has 0 fully saturated rings. The molecule has 0 N–H and O–H groups in total. The number of hydrogen-bond acceptors (Lipinski definition) is 6. The van der Waals surface area contributed by atoms with Crippen LogP contribution in [-0.2, 0) is 5.41 Å². The van der Waals surface area contributed by atoms with Crippen molar-refractivity contribution in [3.05, 3.63) is 127 Å². The van der Waals surface area contributed by atoms with Crippen LogP contribution in [-0.4, -0.2) is 24.9 Å². The van der Waals surface area contributed by atoms with Gasteiger partial charge in [-0.05, 0) is 37.6 Å². The van der Waals surface area contributed by atoms with Gasteiger partial charge in [0.2, 0.25) is 0 Å². The molecule has 1 aliphatic rings. The average molecular weight is 560 g/mol. The van der Waals surface area contributed by atoms with Gasteiger partial charge in [-0.1, -0.05) is 91.0 Å². The monoisotopic (exact) mass is 559 g/mol. The Morgan fingerprint density at radius 2 is 1.36 bits per heavy atom. The highest BCUT2D eigenvalue weighted by molar-refractivity contribution is 7.26. The molecule has 1 aliphatic carbocycles. The van der Waals surface area contributed by atoms with Gasteiger partial charge in [-0.25, -0.2) is 19.9 Å². The molecule has 0 amide bonds. The molecule has 0 bridgehead atoms. The largest absolute Gasteiger partial charge is 0.252 e. The van der Waals surface area contributed by atoms with E-state index in [2.05, 4.69) is 79.8 Å². The summed E-state index contributed by atoms with van der Waals surface area (Å²) in [7, 11) is 0. The summed E-state index contributed by atoms with van der Waals surface area (Å²) in [5.41, 5.74) is 5.29. The molecule has 200 valence electrons. The summed E-state index contributed by atoms with van der Waals surface area (Å²) in [4.78, 5) is 25.0. The van der Waals surface area contributed by atoms with E-state index in [1.165, 1.54) is 9.40 Å². The van der Waals surface area contributed by atoms with Gasteiger partial charge in [-0.3, -0.25) is 4.98 Å². The Balaban J connectivity index is 1.40. The summed E-state index contributed by atoms with van der Waals surface area (Å²) >= 11 is 1.78. The van der Waals surface area contributed by atoms with Crippen LogP contribution in [0.3, 0.4) is 0 Å². The van der Waals surface area contributed by atoms with Gasteiger partial charge in [0, 0.05) is 42.3 Å². The average Bonchev–Trinajstić information content (AvgIpc) is 3.44. The van der Waals surface area contributed by atoms with Gasteiger partial charge in [0.05, 0.1) is 22.9 Å². The first-order chi connectivity index (χ1) is 20.7. The number of fused-ring (bicyclic) bond motifs is 4. The maximum atomic E-state index is 5.17. The maximum absolute atomic E-state index is 5.17. The van der Waals surface area contributed by atoms with Crippen LogP contribution >= 0.6 is 11.3 Å². The Bertz CT molecular complexity index is 2200. The van der Waals surface area contributed by atoms with E-state index in [1.54, 1.807) is 11.3 Å². The SMILES string of the molecule is CC1(c2nc(-c3ccccc3)nc(-c3cccc4sc5cccc(-c6cnc7ccccc7n6)c5c34)n2)C=CC=CC1. The zero-order chi connectivity index (χ0) is 28.1. The van der Waals surface area contributed by atoms with Crippen LogP contribution in [0.2, 0.25) is 0 Å². The third-order valence-corrected chi connectivity index (χ3v) is 9.04. The van der Waals surface area contributed by atoms with Crippen LogP contribution in [0, 0.1) is 0 Å². The quantitative estimate of drug-likeness (QED) is 0.215. The van der Waals surface area contributed by atoms with E-state index >= 15 is 0 Å². The van der Waals surface area contributed by atoms with E-state index in [-0.39, 0.29) is 5.41 Å². The Kier molecular flexibility index (Phi) is 5.76. The Morgan fingerprint density at radius 3 is 2.14 bits per heavy atom. The van der Waals surface area contributed by atoms with Gasteiger partial charge in [0.25, 0.3) is 0 Å². The second-order valence-corrected chi connectivity index (χ2v) is 11.9. The fourth-order valence-corrected chi connectivity index (χ4v) is 6.87. The van der Waals surface area contributed by atoms with E-state index in [0.717, 1.165) is 56.4 Å². The van der Waals surface area contributed by atoms with Crippen LogP contribution in [0.4, 0.5) is 0 Å². The summed E-state index contributed by atoms with van der Waals surface area (Å²) in [6, 6.07) is 31.0. The highest BCUT2D eigenvalue weighted by Crippen LogP contribution is 2.44. The van der Waals surface area contributed by atoms with Crippen LogP contribution in [0.1, 0.15) is 19.2 Å². The van der Waals surface area contributed by atoms with Gasteiger partial charge in [-0.2, -0.15) is 0 Å². The van der Waals surface area contributed by atoms with Gasteiger partial charge in [-0.15, -0.1) is 11.3 Å². The number of nitrogens with zero attached hydrogens (tertiary/aromatic N) is 5. The second-order valence-electron chi connectivity index (χ2n) is 10.8. The molecule has 4 aromatic carbocycles. The lowest BCUT2D eigenvalue weighted by molar-refractivity contribution is 0.554. The lowest BCUT2D eigenvalue weighted by Crippen LogP contribution is -2.24. The molecule has 1 unspecified atom stereocenters. The summed E-state index contributed by atoms with van der Waals surface area (Å²) in [6.45, 7) is 2.19. The number of para-hydroxylation sites is 2. The number of benzene rings is 4.